The molecule has 0 heterocycles. The molecule has 0 unspecified atom stereocenters. The van der Waals surface area contributed by atoms with Gasteiger partial charge in [0, 0.05) is 11.2 Å². The Hall–Kier alpha value is -0.760. The van der Waals surface area contributed by atoms with Gasteiger partial charge in [0.15, 0.2) is 0 Å². The molecule has 2 heteroatoms. The largest absolute Gasteiger partial charge is 0.298 e. The molecule has 0 aromatic heterocycles. The topological polar surface area (TPSA) is 17.1 Å². The second kappa shape index (κ2) is 4.65. The maximum atomic E-state index is 11.6. The van der Waals surface area contributed by atoms with Crippen molar-refractivity contribution in [2.75, 3.05) is 5.75 Å². The lowest BCUT2D eigenvalue weighted by molar-refractivity contribution is -0.124. The summed E-state index contributed by atoms with van der Waals surface area (Å²) in [5, 5.41) is 0. The van der Waals surface area contributed by atoms with E-state index in [0.717, 1.165) is 6.42 Å². The fourth-order valence-electron chi connectivity index (χ4n) is 1.42. The number of rotatable bonds is 4. The maximum absolute atomic E-state index is 11.6. The molecule has 1 rings (SSSR count). The summed E-state index contributed by atoms with van der Waals surface area (Å²) in [6.07, 6.45) is 0.785. The van der Waals surface area contributed by atoms with E-state index in [1.165, 1.54) is 5.56 Å². The summed E-state index contributed by atoms with van der Waals surface area (Å²) in [5.74, 6) is 0.518. The van der Waals surface area contributed by atoms with Crippen molar-refractivity contribution in [3.05, 3.63) is 35.9 Å². The van der Waals surface area contributed by atoms with Crippen LogP contribution in [0.4, 0.5) is 0 Å². The molecule has 0 spiro atoms. The van der Waals surface area contributed by atoms with Crippen molar-refractivity contribution in [3.63, 3.8) is 0 Å². The first-order chi connectivity index (χ1) is 6.56. The van der Waals surface area contributed by atoms with Gasteiger partial charge in [0.1, 0.15) is 5.78 Å². The third-order valence-electron chi connectivity index (χ3n) is 2.39. The molecule has 0 aliphatic rings. The summed E-state index contributed by atoms with van der Waals surface area (Å²) >= 11 is 4.03. The minimum Gasteiger partial charge on any atom is -0.298 e. The molecule has 0 saturated carbocycles. The average Bonchev–Trinajstić information content (AvgIpc) is 2.17. The highest BCUT2D eigenvalue weighted by Gasteiger charge is 2.25. The molecule has 0 radical (unpaired) electrons. The maximum Gasteiger partial charge on any atom is 0.148 e. The normalized spacial score (nSPS) is 11.4. The van der Waals surface area contributed by atoms with Gasteiger partial charge in [-0.2, -0.15) is 12.6 Å². The van der Waals surface area contributed by atoms with Crippen LogP contribution in [0.1, 0.15) is 19.4 Å². The van der Waals surface area contributed by atoms with Gasteiger partial charge in [0.2, 0.25) is 0 Å². The lowest BCUT2D eigenvalue weighted by Crippen LogP contribution is -2.27. The summed E-state index contributed by atoms with van der Waals surface area (Å²) in [6, 6.07) is 10.1. The Morgan fingerprint density at radius 2 is 1.86 bits per heavy atom. The molecular weight excluding hydrogens is 192 g/mol. The third-order valence-corrected chi connectivity index (χ3v) is 2.67. The van der Waals surface area contributed by atoms with Crippen LogP contribution in [0.2, 0.25) is 0 Å². The van der Waals surface area contributed by atoms with Crippen LogP contribution in [0, 0.1) is 5.41 Å². The minimum atomic E-state index is -0.302. The Kier molecular flexibility index (Phi) is 3.76. The molecule has 0 N–H and O–H groups in total. The molecule has 0 saturated heterocycles. The van der Waals surface area contributed by atoms with Crippen molar-refractivity contribution in [1.29, 1.82) is 0 Å². The number of hydrogen-bond acceptors (Lipinski definition) is 2. The first-order valence-corrected chi connectivity index (χ1v) is 5.37. The zero-order valence-electron chi connectivity index (χ0n) is 8.66. The first-order valence-electron chi connectivity index (χ1n) is 4.74. The Morgan fingerprint density at radius 1 is 1.29 bits per heavy atom. The molecule has 0 atom stereocenters. The van der Waals surface area contributed by atoms with Crippen molar-refractivity contribution in [1.82, 2.24) is 0 Å². The Labute approximate surface area is 90.9 Å². The molecule has 0 aliphatic carbocycles. The van der Waals surface area contributed by atoms with Crippen molar-refractivity contribution in [3.8, 4) is 0 Å². The molecule has 76 valence electrons. The van der Waals surface area contributed by atoms with E-state index in [1.807, 2.05) is 44.2 Å². The van der Waals surface area contributed by atoms with Gasteiger partial charge in [0.25, 0.3) is 0 Å². The number of hydrogen-bond donors (Lipinski definition) is 1. The molecule has 0 bridgehead atoms. The Balaban J connectivity index is 2.73. The molecule has 0 amide bonds. The van der Waals surface area contributed by atoms with E-state index in [0.29, 0.717) is 5.75 Å². The summed E-state index contributed by atoms with van der Waals surface area (Å²) in [7, 11) is 0. The van der Waals surface area contributed by atoms with Crippen LogP contribution in [-0.2, 0) is 11.2 Å². The van der Waals surface area contributed by atoms with Gasteiger partial charge in [-0.25, -0.2) is 0 Å². The predicted octanol–water partition coefficient (Wildman–Crippen LogP) is 2.75. The molecule has 0 fully saturated rings. The van der Waals surface area contributed by atoms with E-state index in [-0.39, 0.29) is 11.2 Å². The SMILES string of the molecule is CC(C)(Cc1ccccc1)C(=O)CS. The predicted molar refractivity (Wildman–Crippen MR) is 62.8 cm³/mol. The zero-order valence-corrected chi connectivity index (χ0v) is 9.55. The van der Waals surface area contributed by atoms with Crippen molar-refractivity contribution in [2.45, 2.75) is 20.3 Å². The number of ketones is 1. The number of benzene rings is 1. The Morgan fingerprint density at radius 3 is 2.36 bits per heavy atom. The summed E-state index contributed by atoms with van der Waals surface area (Å²) in [5.41, 5.74) is 0.899. The monoisotopic (exact) mass is 208 g/mol. The molecule has 1 aromatic rings. The van der Waals surface area contributed by atoms with Crippen LogP contribution in [0.25, 0.3) is 0 Å². The molecule has 0 aliphatic heterocycles. The fourth-order valence-corrected chi connectivity index (χ4v) is 1.85. The number of carbonyl (C=O) groups is 1. The molecule has 14 heavy (non-hydrogen) atoms. The lowest BCUT2D eigenvalue weighted by atomic mass is 9.82. The standard InChI is InChI=1S/C12H16OS/c1-12(2,11(13)9-14)8-10-6-4-3-5-7-10/h3-7,14H,8-9H2,1-2H3. The number of Topliss-reactive ketones (excluding diaryl/α,β-unsaturated/α-hetero) is 1. The van der Waals surface area contributed by atoms with E-state index >= 15 is 0 Å². The van der Waals surface area contributed by atoms with Gasteiger partial charge in [-0.1, -0.05) is 44.2 Å². The smallest absolute Gasteiger partial charge is 0.148 e. The van der Waals surface area contributed by atoms with E-state index in [4.69, 9.17) is 0 Å². The molecule has 1 nitrogen and oxygen atoms in total. The van der Waals surface area contributed by atoms with Gasteiger partial charge < -0.3 is 0 Å². The van der Waals surface area contributed by atoms with Gasteiger partial charge in [-0.3, -0.25) is 4.79 Å². The van der Waals surface area contributed by atoms with Gasteiger partial charge in [-0.05, 0) is 12.0 Å². The van der Waals surface area contributed by atoms with Gasteiger partial charge in [0.05, 0.1) is 0 Å². The van der Waals surface area contributed by atoms with Crippen molar-refractivity contribution in [2.24, 2.45) is 5.41 Å². The third kappa shape index (κ3) is 2.88. The summed E-state index contributed by atoms with van der Waals surface area (Å²) in [4.78, 5) is 11.6. The van der Waals surface area contributed by atoms with E-state index in [1.54, 1.807) is 0 Å². The summed E-state index contributed by atoms with van der Waals surface area (Å²) < 4.78 is 0. The van der Waals surface area contributed by atoms with Gasteiger partial charge >= 0.3 is 0 Å². The first kappa shape index (κ1) is 11.3. The highest BCUT2D eigenvalue weighted by Crippen LogP contribution is 2.23. The highest BCUT2D eigenvalue weighted by atomic mass is 32.1. The van der Waals surface area contributed by atoms with Crippen LogP contribution >= 0.6 is 12.6 Å². The van der Waals surface area contributed by atoms with Crippen molar-refractivity contribution < 1.29 is 4.79 Å². The zero-order chi connectivity index (χ0) is 10.6. The molecule has 1 aromatic carbocycles. The number of carbonyl (C=O) groups excluding carboxylic acids is 1. The van der Waals surface area contributed by atoms with E-state index < -0.39 is 0 Å². The second-order valence-electron chi connectivity index (χ2n) is 4.13. The quantitative estimate of drug-likeness (QED) is 0.753. The van der Waals surface area contributed by atoms with Crippen LogP contribution in [0.3, 0.4) is 0 Å². The highest BCUT2D eigenvalue weighted by molar-refractivity contribution is 7.81. The average molecular weight is 208 g/mol. The van der Waals surface area contributed by atoms with Crippen LogP contribution in [-0.4, -0.2) is 11.5 Å². The van der Waals surface area contributed by atoms with E-state index in [2.05, 4.69) is 12.6 Å². The van der Waals surface area contributed by atoms with E-state index in [9.17, 15) is 4.79 Å². The van der Waals surface area contributed by atoms with Gasteiger partial charge in [-0.15, -0.1) is 0 Å². The second-order valence-corrected chi connectivity index (χ2v) is 4.44. The fraction of sp³-hybridized carbons (Fsp3) is 0.417. The lowest BCUT2D eigenvalue weighted by Gasteiger charge is -2.22. The van der Waals surface area contributed by atoms with Crippen LogP contribution in [0.15, 0.2) is 30.3 Å². The number of thiol groups is 1. The Bertz CT molecular complexity index is 303. The summed E-state index contributed by atoms with van der Waals surface area (Å²) in [6.45, 7) is 3.94. The molecular formula is C12H16OS. The van der Waals surface area contributed by atoms with Crippen LogP contribution in [0.5, 0.6) is 0 Å². The van der Waals surface area contributed by atoms with Crippen molar-refractivity contribution >= 4 is 18.4 Å². The minimum absolute atomic E-state index is 0.199. The van der Waals surface area contributed by atoms with Crippen LogP contribution < -0.4 is 0 Å².